The summed E-state index contributed by atoms with van der Waals surface area (Å²) >= 11 is 0. The lowest BCUT2D eigenvalue weighted by Crippen LogP contribution is -2.45. The smallest absolute Gasteiger partial charge is 0.292 e. The number of nitrogens with one attached hydrogen (secondary N) is 1. The maximum Gasteiger partial charge on any atom is 0.292 e. The maximum absolute atomic E-state index is 12.7. The van der Waals surface area contributed by atoms with Gasteiger partial charge in [-0.05, 0) is 59.0 Å². The van der Waals surface area contributed by atoms with Crippen molar-refractivity contribution in [3.05, 3.63) is 47.3 Å². The fourth-order valence-electron chi connectivity index (χ4n) is 3.31. The number of ketones is 1. The zero-order valence-electron chi connectivity index (χ0n) is 15.0. The van der Waals surface area contributed by atoms with E-state index in [2.05, 4.69) is 22.4 Å². The lowest BCUT2D eigenvalue weighted by molar-refractivity contribution is -0.117. The van der Waals surface area contributed by atoms with Gasteiger partial charge in [-0.1, -0.05) is 18.2 Å². The molecular weight excluding hydrogens is 316 g/mol. The number of para-hydroxylation sites is 1. The number of benzene rings is 1. The lowest BCUT2D eigenvalue weighted by atomic mass is 10.0. The van der Waals surface area contributed by atoms with E-state index in [4.69, 9.17) is 0 Å². The molecule has 0 unspecified atom stereocenters. The Morgan fingerprint density at radius 1 is 1.12 bits per heavy atom. The number of amides is 1. The second-order valence-electron chi connectivity index (χ2n) is 6.67. The fourth-order valence-corrected chi connectivity index (χ4v) is 3.31. The monoisotopic (exact) mass is 340 g/mol. The molecule has 1 fully saturated rings. The van der Waals surface area contributed by atoms with Crippen molar-refractivity contribution in [2.75, 3.05) is 20.1 Å². The van der Waals surface area contributed by atoms with Crippen LogP contribution in [0, 0.1) is 13.8 Å². The largest absolute Gasteiger partial charge is 0.346 e. The van der Waals surface area contributed by atoms with Crippen molar-refractivity contribution in [3.63, 3.8) is 0 Å². The van der Waals surface area contributed by atoms with Crippen LogP contribution in [-0.4, -0.2) is 52.5 Å². The molecule has 0 aliphatic carbocycles. The Morgan fingerprint density at radius 2 is 1.76 bits per heavy atom. The quantitative estimate of drug-likeness (QED) is 0.682. The van der Waals surface area contributed by atoms with E-state index in [1.165, 1.54) is 0 Å². The zero-order chi connectivity index (χ0) is 18.0. The summed E-state index contributed by atoms with van der Waals surface area (Å²) in [6, 6.07) is 9.67. The minimum Gasteiger partial charge on any atom is -0.346 e. The average molecular weight is 340 g/mol. The molecular formula is C19H24N4O2. The third-order valence-corrected chi connectivity index (χ3v) is 4.78. The number of aryl methyl sites for hydroxylation is 1. The van der Waals surface area contributed by atoms with Crippen LogP contribution in [0.5, 0.6) is 0 Å². The van der Waals surface area contributed by atoms with Gasteiger partial charge in [0.2, 0.25) is 0 Å². The molecule has 6 nitrogen and oxygen atoms in total. The molecule has 0 bridgehead atoms. The topological polar surface area (TPSA) is 67.2 Å². The van der Waals surface area contributed by atoms with Crippen molar-refractivity contribution in [1.29, 1.82) is 0 Å². The van der Waals surface area contributed by atoms with Crippen molar-refractivity contribution >= 4 is 11.7 Å². The number of carbonyl (C=O) groups excluding carboxylic acids is 2. The summed E-state index contributed by atoms with van der Waals surface area (Å²) in [4.78, 5) is 27.4. The lowest BCUT2D eigenvalue weighted by Gasteiger charge is -2.29. The normalized spacial score (nSPS) is 16.0. The molecule has 25 heavy (non-hydrogen) atoms. The van der Waals surface area contributed by atoms with Gasteiger partial charge in [0, 0.05) is 6.04 Å². The van der Waals surface area contributed by atoms with Crippen LogP contribution in [-0.2, 0) is 4.79 Å². The highest BCUT2D eigenvalue weighted by Gasteiger charge is 2.27. The first-order valence-electron chi connectivity index (χ1n) is 8.62. The van der Waals surface area contributed by atoms with Crippen LogP contribution in [0.3, 0.4) is 0 Å². The number of Topliss-reactive ketones (excluding diaryl/α,β-unsaturated/α-hetero) is 1. The molecule has 0 saturated carbocycles. The highest BCUT2D eigenvalue weighted by Crippen LogP contribution is 2.19. The summed E-state index contributed by atoms with van der Waals surface area (Å²) in [6.45, 7) is 5.46. The standard InChI is InChI=1S/C19H24N4O2/c1-13-17(14(2)23(21-13)16-7-5-4-6-8-16)18(24)19(25)20-15-9-11-22(3)12-10-15/h4-8,15H,9-12H2,1-3H3,(H,20,25). The molecule has 6 heteroatoms. The summed E-state index contributed by atoms with van der Waals surface area (Å²) in [5.41, 5.74) is 2.53. The Balaban J connectivity index is 1.78. The van der Waals surface area contributed by atoms with Crippen LogP contribution in [0.4, 0.5) is 0 Å². The summed E-state index contributed by atoms with van der Waals surface area (Å²) in [5.74, 6) is -1.04. The van der Waals surface area contributed by atoms with Crippen LogP contribution < -0.4 is 5.32 Å². The summed E-state index contributed by atoms with van der Waals surface area (Å²) < 4.78 is 1.71. The minimum absolute atomic E-state index is 0.0671. The molecule has 1 saturated heterocycles. The third-order valence-electron chi connectivity index (χ3n) is 4.78. The summed E-state index contributed by atoms with van der Waals surface area (Å²) in [6.07, 6.45) is 1.74. The number of hydrogen-bond acceptors (Lipinski definition) is 4. The predicted molar refractivity (Wildman–Crippen MR) is 96.0 cm³/mol. The summed E-state index contributed by atoms with van der Waals surface area (Å²) in [7, 11) is 2.06. The Bertz CT molecular complexity index is 774. The van der Waals surface area contributed by atoms with Gasteiger partial charge >= 0.3 is 0 Å². The maximum atomic E-state index is 12.7. The molecule has 0 radical (unpaired) electrons. The number of likely N-dealkylation sites (tertiary alicyclic amines) is 1. The van der Waals surface area contributed by atoms with Crippen molar-refractivity contribution < 1.29 is 9.59 Å². The van der Waals surface area contributed by atoms with Crippen LogP contribution in [0.25, 0.3) is 5.69 Å². The van der Waals surface area contributed by atoms with Gasteiger partial charge in [0.05, 0.1) is 22.6 Å². The molecule has 1 aliphatic rings. The second-order valence-corrected chi connectivity index (χ2v) is 6.67. The van der Waals surface area contributed by atoms with Gasteiger partial charge in [0.25, 0.3) is 11.7 Å². The molecule has 1 amide bonds. The number of carbonyl (C=O) groups is 2. The van der Waals surface area contributed by atoms with Crippen LogP contribution in [0.1, 0.15) is 34.6 Å². The molecule has 1 N–H and O–H groups in total. The van der Waals surface area contributed by atoms with E-state index in [9.17, 15) is 9.59 Å². The second kappa shape index (κ2) is 7.19. The minimum atomic E-state index is -0.534. The Morgan fingerprint density at radius 3 is 2.40 bits per heavy atom. The van der Waals surface area contributed by atoms with Gasteiger partial charge in [-0.2, -0.15) is 5.10 Å². The number of aromatic nitrogens is 2. The van der Waals surface area contributed by atoms with Crippen LogP contribution >= 0.6 is 0 Å². The van der Waals surface area contributed by atoms with E-state index in [1.807, 2.05) is 37.3 Å². The van der Waals surface area contributed by atoms with E-state index in [0.29, 0.717) is 17.0 Å². The van der Waals surface area contributed by atoms with Gasteiger partial charge in [0.1, 0.15) is 0 Å². The van der Waals surface area contributed by atoms with Crippen LogP contribution in [0.2, 0.25) is 0 Å². The number of rotatable bonds is 4. The fraction of sp³-hybridized carbons (Fsp3) is 0.421. The van der Waals surface area contributed by atoms with E-state index in [-0.39, 0.29) is 6.04 Å². The van der Waals surface area contributed by atoms with Crippen molar-refractivity contribution in [3.8, 4) is 5.69 Å². The summed E-state index contributed by atoms with van der Waals surface area (Å²) in [5, 5.41) is 7.34. The van der Waals surface area contributed by atoms with E-state index >= 15 is 0 Å². The van der Waals surface area contributed by atoms with Gasteiger partial charge in [-0.25, -0.2) is 4.68 Å². The first kappa shape index (κ1) is 17.4. The zero-order valence-corrected chi connectivity index (χ0v) is 15.0. The predicted octanol–water partition coefficient (Wildman–Crippen LogP) is 1.88. The molecule has 2 heterocycles. The van der Waals surface area contributed by atoms with Gasteiger partial charge in [0.15, 0.2) is 0 Å². The van der Waals surface area contributed by atoms with Gasteiger partial charge in [-0.3, -0.25) is 9.59 Å². The van der Waals surface area contributed by atoms with Crippen LogP contribution in [0.15, 0.2) is 30.3 Å². The molecule has 3 rings (SSSR count). The molecule has 0 atom stereocenters. The molecule has 0 spiro atoms. The molecule has 1 aliphatic heterocycles. The Kier molecular flexibility index (Phi) is 4.99. The average Bonchev–Trinajstić information content (AvgIpc) is 2.91. The Labute approximate surface area is 147 Å². The van der Waals surface area contributed by atoms with Crippen molar-refractivity contribution in [2.24, 2.45) is 0 Å². The first-order valence-corrected chi connectivity index (χ1v) is 8.62. The number of hydrogen-bond donors (Lipinski definition) is 1. The molecule has 1 aromatic carbocycles. The van der Waals surface area contributed by atoms with Crippen molar-refractivity contribution in [1.82, 2.24) is 20.0 Å². The number of piperidine rings is 1. The van der Waals surface area contributed by atoms with E-state index < -0.39 is 11.7 Å². The molecule has 1 aromatic heterocycles. The SMILES string of the molecule is Cc1nn(-c2ccccc2)c(C)c1C(=O)C(=O)NC1CCN(C)CC1. The molecule has 132 valence electrons. The van der Waals surface area contributed by atoms with Gasteiger partial charge in [-0.15, -0.1) is 0 Å². The van der Waals surface area contributed by atoms with Gasteiger partial charge < -0.3 is 10.2 Å². The first-order chi connectivity index (χ1) is 12.0. The highest BCUT2D eigenvalue weighted by molar-refractivity contribution is 6.43. The third kappa shape index (κ3) is 3.64. The van der Waals surface area contributed by atoms with E-state index in [1.54, 1.807) is 11.6 Å². The van der Waals surface area contributed by atoms with E-state index in [0.717, 1.165) is 31.6 Å². The number of nitrogens with zero attached hydrogens (tertiary/aromatic N) is 3. The molecule has 2 aromatic rings. The van der Waals surface area contributed by atoms with Crippen molar-refractivity contribution in [2.45, 2.75) is 32.7 Å². The highest BCUT2D eigenvalue weighted by atomic mass is 16.2. The Hall–Kier alpha value is -2.47.